The van der Waals surface area contributed by atoms with E-state index in [9.17, 15) is 5.26 Å². The third-order valence-electron chi connectivity index (χ3n) is 5.61. The number of hydrogen-bond donors (Lipinski definition) is 2. The predicted octanol–water partition coefficient (Wildman–Crippen LogP) is 3.88. The number of aryl methyl sites for hydroxylation is 1. The summed E-state index contributed by atoms with van der Waals surface area (Å²) in [4.78, 5) is 0. The third kappa shape index (κ3) is 3.38. The van der Waals surface area contributed by atoms with Gasteiger partial charge in [0.1, 0.15) is 11.6 Å². The van der Waals surface area contributed by atoms with Gasteiger partial charge in [0.2, 0.25) is 17.5 Å². The largest absolute Gasteiger partial charge is 0.493 e. The lowest BCUT2D eigenvalue weighted by Gasteiger charge is -2.24. The monoisotopic (exact) mass is 432 g/mol. The van der Waals surface area contributed by atoms with Crippen LogP contribution < -0.4 is 24.7 Å². The molecule has 3 aromatic rings. The lowest BCUT2D eigenvalue weighted by molar-refractivity contribution is 0.324. The van der Waals surface area contributed by atoms with Crippen LogP contribution in [0.1, 0.15) is 29.5 Å². The number of ether oxygens (including phenoxy) is 4. The van der Waals surface area contributed by atoms with E-state index in [1.165, 1.54) is 5.56 Å². The maximum Gasteiger partial charge on any atom is 0.244 e. The van der Waals surface area contributed by atoms with Crippen molar-refractivity contribution in [2.45, 2.75) is 19.3 Å². The second-order valence-electron chi connectivity index (χ2n) is 7.25. The van der Waals surface area contributed by atoms with Gasteiger partial charge in [0.25, 0.3) is 0 Å². The van der Waals surface area contributed by atoms with Crippen molar-refractivity contribution in [2.24, 2.45) is 5.73 Å². The number of fused-ring (bicyclic) bond motifs is 1. The number of aromatic amines is 1. The quantitative estimate of drug-likeness (QED) is 0.607. The molecule has 0 aliphatic carbocycles. The second-order valence-corrected chi connectivity index (χ2v) is 7.25. The summed E-state index contributed by atoms with van der Waals surface area (Å²) < 4.78 is 22.1. The zero-order chi connectivity index (χ0) is 22.8. The zero-order valence-corrected chi connectivity index (χ0v) is 18.4. The molecule has 0 saturated heterocycles. The molecule has 8 heteroatoms. The van der Waals surface area contributed by atoms with Crippen LogP contribution in [0.4, 0.5) is 0 Å². The molecule has 4 rings (SSSR count). The van der Waals surface area contributed by atoms with Crippen molar-refractivity contribution in [2.75, 3.05) is 21.3 Å². The van der Waals surface area contributed by atoms with E-state index in [0.717, 1.165) is 17.5 Å². The molecule has 0 amide bonds. The summed E-state index contributed by atoms with van der Waals surface area (Å²) in [6.45, 7) is 2.10. The Labute approximate surface area is 186 Å². The number of nitrogens with two attached hydrogens (primary N) is 1. The summed E-state index contributed by atoms with van der Waals surface area (Å²) in [6, 6.07) is 14.0. The van der Waals surface area contributed by atoms with Gasteiger partial charge in [-0.2, -0.15) is 5.26 Å². The fourth-order valence-electron chi connectivity index (χ4n) is 3.97. The average molecular weight is 432 g/mol. The van der Waals surface area contributed by atoms with Gasteiger partial charge >= 0.3 is 0 Å². The Morgan fingerprint density at radius 3 is 2.28 bits per heavy atom. The molecule has 0 saturated carbocycles. The second kappa shape index (κ2) is 8.55. The first-order chi connectivity index (χ1) is 15.6. The van der Waals surface area contributed by atoms with Gasteiger partial charge in [-0.15, -0.1) is 5.10 Å². The van der Waals surface area contributed by atoms with Crippen LogP contribution in [-0.4, -0.2) is 31.5 Å². The van der Waals surface area contributed by atoms with Crippen LogP contribution in [0.25, 0.3) is 11.3 Å². The molecule has 8 nitrogen and oxygen atoms in total. The molecule has 2 heterocycles. The Hall–Kier alpha value is -4.12. The maximum absolute atomic E-state index is 9.90. The van der Waals surface area contributed by atoms with Gasteiger partial charge in [0, 0.05) is 5.56 Å². The molecule has 0 spiro atoms. The Balaban J connectivity index is 1.93. The van der Waals surface area contributed by atoms with E-state index in [4.69, 9.17) is 24.7 Å². The molecule has 1 aromatic heterocycles. The standard InChI is InChI=1S/C24H24N4O4/c1-5-13-6-8-14(9-7-13)19-16(12-25)23(26)32-24-20(19)21(27-28-24)15-10-17(29-2)22(31-4)18(11-15)30-3/h6-11,19H,5,26H2,1-4H3,(H,27,28)/t19-/m0/s1. The van der Waals surface area contributed by atoms with E-state index in [1.807, 2.05) is 24.3 Å². The molecule has 0 unspecified atom stereocenters. The fourth-order valence-corrected chi connectivity index (χ4v) is 3.97. The van der Waals surface area contributed by atoms with Crippen molar-refractivity contribution < 1.29 is 18.9 Å². The number of rotatable bonds is 6. The number of nitrogens with zero attached hydrogens (tertiary/aromatic N) is 2. The highest BCUT2D eigenvalue weighted by Gasteiger charge is 2.36. The summed E-state index contributed by atoms with van der Waals surface area (Å²) in [5, 5.41) is 17.3. The number of allylic oxidation sites excluding steroid dienone is 1. The molecule has 0 fully saturated rings. The molecule has 0 bridgehead atoms. The van der Waals surface area contributed by atoms with Crippen molar-refractivity contribution >= 4 is 0 Å². The first kappa shape index (κ1) is 21.1. The van der Waals surface area contributed by atoms with E-state index in [1.54, 1.807) is 21.3 Å². The van der Waals surface area contributed by atoms with Crippen molar-refractivity contribution in [3.8, 4) is 40.5 Å². The number of H-pyrrole nitrogens is 1. The van der Waals surface area contributed by atoms with Gasteiger partial charge < -0.3 is 24.7 Å². The van der Waals surface area contributed by atoms with Crippen LogP contribution >= 0.6 is 0 Å². The zero-order valence-electron chi connectivity index (χ0n) is 18.4. The SMILES string of the molecule is CCc1ccc([C@H]2C(C#N)=C(N)Oc3n[nH]c(-c4cc(OC)c(OC)c(OC)c4)c32)cc1. The summed E-state index contributed by atoms with van der Waals surface area (Å²) >= 11 is 0. The molecule has 0 radical (unpaired) electrons. The van der Waals surface area contributed by atoms with Crippen molar-refractivity contribution in [3.05, 3.63) is 64.5 Å². The van der Waals surface area contributed by atoms with E-state index < -0.39 is 5.92 Å². The highest BCUT2D eigenvalue weighted by atomic mass is 16.5. The van der Waals surface area contributed by atoms with E-state index >= 15 is 0 Å². The Kier molecular flexibility index (Phi) is 5.65. The van der Waals surface area contributed by atoms with E-state index in [-0.39, 0.29) is 5.88 Å². The minimum absolute atomic E-state index is 0.0486. The fraction of sp³-hybridized carbons (Fsp3) is 0.250. The minimum atomic E-state index is -0.442. The molecule has 1 aliphatic heterocycles. The van der Waals surface area contributed by atoms with Gasteiger partial charge in [-0.1, -0.05) is 31.2 Å². The van der Waals surface area contributed by atoms with Crippen molar-refractivity contribution in [1.82, 2.24) is 10.2 Å². The molecule has 32 heavy (non-hydrogen) atoms. The number of methoxy groups -OCH3 is 3. The number of nitriles is 1. The highest BCUT2D eigenvalue weighted by molar-refractivity contribution is 5.75. The van der Waals surface area contributed by atoms with Crippen LogP contribution in [-0.2, 0) is 6.42 Å². The normalized spacial score (nSPS) is 14.9. The number of nitrogens with one attached hydrogen (secondary N) is 1. The molecule has 1 atom stereocenters. The van der Waals surface area contributed by atoms with Gasteiger partial charge in [-0.05, 0) is 29.7 Å². The van der Waals surface area contributed by atoms with Gasteiger partial charge in [-0.3, -0.25) is 5.10 Å². The predicted molar refractivity (Wildman–Crippen MR) is 119 cm³/mol. The van der Waals surface area contributed by atoms with Gasteiger partial charge in [0.05, 0.1) is 38.5 Å². The first-order valence-electron chi connectivity index (χ1n) is 10.1. The molecule has 164 valence electrons. The first-order valence-corrected chi connectivity index (χ1v) is 10.1. The van der Waals surface area contributed by atoms with Crippen molar-refractivity contribution in [3.63, 3.8) is 0 Å². The van der Waals surface area contributed by atoms with Crippen molar-refractivity contribution in [1.29, 1.82) is 5.26 Å². The summed E-state index contributed by atoms with van der Waals surface area (Å²) in [5.41, 5.74) is 10.7. The maximum atomic E-state index is 9.90. The molecular weight excluding hydrogens is 408 g/mol. The average Bonchev–Trinajstić information content (AvgIpc) is 3.25. The molecule has 2 aromatic carbocycles. The Bertz CT molecular complexity index is 1200. The summed E-state index contributed by atoms with van der Waals surface area (Å²) in [7, 11) is 4.67. The minimum Gasteiger partial charge on any atom is -0.493 e. The lowest BCUT2D eigenvalue weighted by atomic mass is 9.82. The molecule has 1 aliphatic rings. The Morgan fingerprint density at radius 1 is 1.09 bits per heavy atom. The number of benzene rings is 2. The van der Waals surface area contributed by atoms with Crippen LogP contribution in [0.15, 0.2) is 47.9 Å². The van der Waals surface area contributed by atoms with E-state index in [2.05, 4.69) is 35.3 Å². The van der Waals surface area contributed by atoms with Gasteiger partial charge in [0.15, 0.2) is 11.5 Å². The lowest BCUT2D eigenvalue weighted by Crippen LogP contribution is -2.21. The van der Waals surface area contributed by atoms with Crippen LogP contribution in [0.5, 0.6) is 23.1 Å². The highest BCUT2D eigenvalue weighted by Crippen LogP contribution is 2.48. The van der Waals surface area contributed by atoms with E-state index in [0.29, 0.717) is 40.0 Å². The Morgan fingerprint density at radius 2 is 1.75 bits per heavy atom. The summed E-state index contributed by atoms with van der Waals surface area (Å²) in [5.74, 6) is 1.42. The number of aromatic nitrogens is 2. The summed E-state index contributed by atoms with van der Waals surface area (Å²) in [6.07, 6.45) is 0.921. The molecule has 3 N–H and O–H groups in total. The topological polar surface area (TPSA) is 115 Å². The van der Waals surface area contributed by atoms with Crippen LogP contribution in [0.3, 0.4) is 0 Å². The van der Waals surface area contributed by atoms with Crippen LogP contribution in [0, 0.1) is 11.3 Å². The number of hydrogen-bond acceptors (Lipinski definition) is 7. The van der Waals surface area contributed by atoms with Crippen LogP contribution in [0.2, 0.25) is 0 Å². The molecular formula is C24H24N4O4. The van der Waals surface area contributed by atoms with Gasteiger partial charge in [-0.25, -0.2) is 0 Å². The third-order valence-corrected chi connectivity index (χ3v) is 5.61. The smallest absolute Gasteiger partial charge is 0.244 e.